The van der Waals surface area contributed by atoms with E-state index < -0.39 is 9.84 Å². The van der Waals surface area contributed by atoms with E-state index in [9.17, 15) is 8.42 Å². The van der Waals surface area contributed by atoms with Crippen LogP contribution < -0.4 is 5.32 Å². The van der Waals surface area contributed by atoms with Gasteiger partial charge in [0.05, 0.1) is 10.6 Å². The Bertz CT molecular complexity index is 453. The Morgan fingerprint density at radius 1 is 1.33 bits per heavy atom. The second kappa shape index (κ2) is 7.09. The van der Waals surface area contributed by atoms with E-state index in [4.69, 9.17) is 16.7 Å². The zero-order valence-corrected chi connectivity index (χ0v) is 11.8. The first kappa shape index (κ1) is 15.4. The molecule has 1 rings (SSSR count). The summed E-state index contributed by atoms with van der Waals surface area (Å²) in [5, 5.41) is 12.5. The minimum atomic E-state index is -3.35. The molecule has 0 aliphatic rings. The van der Waals surface area contributed by atoms with Crippen LogP contribution >= 0.6 is 11.6 Å². The van der Waals surface area contributed by atoms with Gasteiger partial charge in [-0.3, -0.25) is 0 Å². The molecule has 0 fully saturated rings. The molecule has 0 amide bonds. The van der Waals surface area contributed by atoms with Gasteiger partial charge < -0.3 is 10.4 Å². The normalized spacial score (nSPS) is 13.5. The molecule has 2 N–H and O–H groups in total. The molecular weight excluding hydrogens is 274 g/mol. The SMILES string of the molecule is CCNC(CCO)CS(=O)(=O)c1ccc(Cl)cc1. The van der Waals surface area contributed by atoms with Crippen LogP contribution in [0.1, 0.15) is 13.3 Å². The second-order valence-electron chi connectivity index (χ2n) is 4.00. The molecule has 0 aromatic heterocycles. The summed E-state index contributed by atoms with van der Waals surface area (Å²) in [5.41, 5.74) is 0. The van der Waals surface area contributed by atoms with Crippen molar-refractivity contribution in [3.8, 4) is 0 Å². The lowest BCUT2D eigenvalue weighted by atomic mass is 10.2. The van der Waals surface area contributed by atoms with Crippen LogP contribution in [-0.4, -0.2) is 38.5 Å². The van der Waals surface area contributed by atoms with Gasteiger partial charge in [0.1, 0.15) is 0 Å². The number of hydrogen-bond donors (Lipinski definition) is 2. The van der Waals surface area contributed by atoms with E-state index in [1.807, 2.05) is 6.92 Å². The molecular formula is C12H18ClNO3S. The molecule has 1 unspecified atom stereocenters. The summed E-state index contributed by atoms with van der Waals surface area (Å²) >= 11 is 5.73. The first-order valence-electron chi connectivity index (χ1n) is 5.82. The van der Waals surface area contributed by atoms with Gasteiger partial charge >= 0.3 is 0 Å². The molecule has 18 heavy (non-hydrogen) atoms. The van der Waals surface area contributed by atoms with Crippen LogP contribution in [0.2, 0.25) is 5.02 Å². The highest BCUT2D eigenvalue weighted by Gasteiger charge is 2.20. The number of rotatable bonds is 7. The third-order valence-electron chi connectivity index (χ3n) is 2.56. The number of sulfone groups is 1. The maximum Gasteiger partial charge on any atom is 0.179 e. The van der Waals surface area contributed by atoms with Gasteiger partial charge in [-0.25, -0.2) is 8.42 Å². The van der Waals surface area contributed by atoms with E-state index in [0.717, 1.165) is 0 Å². The van der Waals surface area contributed by atoms with E-state index in [1.165, 1.54) is 12.1 Å². The van der Waals surface area contributed by atoms with Crippen LogP contribution in [0.25, 0.3) is 0 Å². The standard InChI is InChI=1S/C12H18ClNO3S/c1-2-14-11(7-8-15)9-18(16,17)12-5-3-10(13)4-6-12/h3-6,11,14-15H,2,7-9H2,1H3. The molecule has 1 atom stereocenters. The minimum Gasteiger partial charge on any atom is -0.396 e. The quantitative estimate of drug-likeness (QED) is 0.798. The van der Waals surface area contributed by atoms with Crippen molar-refractivity contribution >= 4 is 21.4 Å². The fourth-order valence-corrected chi connectivity index (χ4v) is 3.38. The number of aliphatic hydroxyl groups is 1. The Morgan fingerprint density at radius 2 is 1.94 bits per heavy atom. The van der Waals surface area contributed by atoms with Crippen LogP contribution in [0.15, 0.2) is 29.2 Å². The van der Waals surface area contributed by atoms with Gasteiger partial charge in [0, 0.05) is 17.7 Å². The predicted molar refractivity (Wildman–Crippen MR) is 72.7 cm³/mol. The molecule has 0 saturated heterocycles. The van der Waals surface area contributed by atoms with Gasteiger partial charge in [0.2, 0.25) is 0 Å². The van der Waals surface area contributed by atoms with Crippen molar-refractivity contribution in [3.05, 3.63) is 29.3 Å². The zero-order valence-electron chi connectivity index (χ0n) is 10.3. The molecule has 6 heteroatoms. The van der Waals surface area contributed by atoms with E-state index in [1.54, 1.807) is 12.1 Å². The van der Waals surface area contributed by atoms with Gasteiger partial charge in [0.25, 0.3) is 0 Å². The average molecular weight is 292 g/mol. The molecule has 0 aliphatic carbocycles. The molecule has 0 heterocycles. The van der Waals surface area contributed by atoms with Crippen molar-refractivity contribution in [2.75, 3.05) is 18.9 Å². The number of aliphatic hydroxyl groups excluding tert-OH is 1. The fourth-order valence-electron chi connectivity index (χ4n) is 1.69. The molecule has 0 bridgehead atoms. The number of halogens is 1. The molecule has 0 saturated carbocycles. The summed E-state index contributed by atoms with van der Waals surface area (Å²) in [6.45, 7) is 2.54. The van der Waals surface area contributed by atoms with E-state index >= 15 is 0 Å². The van der Waals surface area contributed by atoms with Crippen molar-refractivity contribution in [2.45, 2.75) is 24.3 Å². The molecule has 0 radical (unpaired) electrons. The van der Waals surface area contributed by atoms with Crippen molar-refractivity contribution in [1.29, 1.82) is 0 Å². The summed E-state index contributed by atoms with van der Waals surface area (Å²) in [6.07, 6.45) is 0.417. The molecule has 4 nitrogen and oxygen atoms in total. The maximum absolute atomic E-state index is 12.1. The third-order valence-corrected chi connectivity index (χ3v) is 4.65. The fraction of sp³-hybridized carbons (Fsp3) is 0.500. The number of nitrogens with one attached hydrogen (secondary N) is 1. The van der Waals surface area contributed by atoms with E-state index in [-0.39, 0.29) is 23.3 Å². The topological polar surface area (TPSA) is 66.4 Å². The van der Waals surface area contributed by atoms with Gasteiger partial charge in [0.15, 0.2) is 9.84 Å². The summed E-state index contributed by atoms with van der Waals surface area (Å²) < 4.78 is 24.3. The Balaban J connectivity index is 2.82. The first-order valence-corrected chi connectivity index (χ1v) is 7.85. The Labute approximate surface area is 113 Å². The molecule has 0 aliphatic heterocycles. The van der Waals surface area contributed by atoms with Crippen LogP contribution in [-0.2, 0) is 9.84 Å². The highest BCUT2D eigenvalue weighted by molar-refractivity contribution is 7.91. The monoisotopic (exact) mass is 291 g/mol. The lowest BCUT2D eigenvalue weighted by molar-refractivity contribution is 0.270. The lowest BCUT2D eigenvalue weighted by Gasteiger charge is -2.16. The molecule has 1 aromatic rings. The van der Waals surface area contributed by atoms with Crippen molar-refractivity contribution < 1.29 is 13.5 Å². The lowest BCUT2D eigenvalue weighted by Crippen LogP contribution is -2.36. The Morgan fingerprint density at radius 3 is 2.44 bits per heavy atom. The van der Waals surface area contributed by atoms with Crippen molar-refractivity contribution in [1.82, 2.24) is 5.32 Å². The molecule has 1 aromatic carbocycles. The zero-order chi connectivity index (χ0) is 13.6. The van der Waals surface area contributed by atoms with Crippen LogP contribution in [0, 0.1) is 0 Å². The van der Waals surface area contributed by atoms with Crippen molar-refractivity contribution in [2.24, 2.45) is 0 Å². The van der Waals surface area contributed by atoms with Crippen LogP contribution in [0.4, 0.5) is 0 Å². The van der Waals surface area contributed by atoms with E-state index in [2.05, 4.69) is 5.32 Å². The maximum atomic E-state index is 12.1. The van der Waals surface area contributed by atoms with E-state index in [0.29, 0.717) is 18.0 Å². The van der Waals surface area contributed by atoms with Gasteiger partial charge in [-0.1, -0.05) is 18.5 Å². The van der Waals surface area contributed by atoms with Crippen LogP contribution in [0.5, 0.6) is 0 Å². The Hall–Kier alpha value is -0.620. The average Bonchev–Trinajstić information content (AvgIpc) is 2.29. The summed E-state index contributed by atoms with van der Waals surface area (Å²) in [4.78, 5) is 0.257. The third kappa shape index (κ3) is 4.57. The van der Waals surface area contributed by atoms with Gasteiger partial charge in [-0.15, -0.1) is 0 Å². The summed E-state index contributed by atoms with van der Waals surface area (Å²) in [7, 11) is -3.35. The van der Waals surface area contributed by atoms with Crippen LogP contribution in [0.3, 0.4) is 0 Å². The predicted octanol–water partition coefficient (Wildman–Crippen LogP) is 1.47. The smallest absolute Gasteiger partial charge is 0.179 e. The molecule has 0 spiro atoms. The largest absolute Gasteiger partial charge is 0.396 e. The van der Waals surface area contributed by atoms with Crippen molar-refractivity contribution in [3.63, 3.8) is 0 Å². The van der Waals surface area contributed by atoms with Gasteiger partial charge in [-0.05, 0) is 37.2 Å². The number of benzene rings is 1. The van der Waals surface area contributed by atoms with Gasteiger partial charge in [-0.2, -0.15) is 0 Å². The second-order valence-corrected chi connectivity index (χ2v) is 6.47. The summed E-state index contributed by atoms with van der Waals surface area (Å²) in [6, 6.07) is 5.88. The summed E-state index contributed by atoms with van der Waals surface area (Å²) in [5.74, 6) is -0.0248. The number of hydrogen-bond acceptors (Lipinski definition) is 4. The minimum absolute atomic E-state index is 0.0248. The first-order chi connectivity index (χ1) is 8.49. The Kier molecular flexibility index (Phi) is 6.08. The molecule has 102 valence electrons. The highest BCUT2D eigenvalue weighted by atomic mass is 35.5. The highest BCUT2D eigenvalue weighted by Crippen LogP contribution is 2.16.